The lowest BCUT2D eigenvalue weighted by molar-refractivity contribution is -0.150. The molecule has 0 rings (SSSR count). The van der Waals surface area contributed by atoms with E-state index in [1.165, 1.54) is 0 Å². The second kappa shape index (κ2) is 14.1. The summed E-state index contributed by atoms with van der Waals surface area (Å²) in [7, 11) is 0. The molecular weight excluding hydrogens is 324 g/mol. The minimum absolute atomic E-state index is 0.0589. The van der Waals surface area contributed by atoms with Crippen molar-refractivity contribution in [3.05, 3.63) is 11.6 Å². The number of rotatable bonds is 13. The van der Waals surface area contributed by atoms with Crippen molar-refractivity contribution in [1.29, 1.82) is 0 Å². The zero-order chi connectivity index (χ0) is 17.5. The third-order valence-corrected chi connectivity index (χ3v) is 2.98. The van der Waals surface area contributed by atoms with E-state index in [2.05, 4.69) is 18.2 Å². The average molecular weight is 349 g/mol. The molecular formula is C16H25ClO6. The lowest BCUT2D eigenvalue weighted by atomic mass is 10.2. The zero-order valence-electron chi connectivity index (χ0n) is 13.6. The van der Waals surface area contributed by atoms with Crippen molar-refractivity contribution in [1.82, 2.24) is 0 Å². The summed E-state index contributed by atoms with van der Waals surface area (Å²) in [5.74, 6) is -1.50. The van der Waals surface area contributed by atoms with E-state index in [0.29, 0.717) is 13.0 Å². The Hall–Kier alpha value is -1.56. The van der Waals surface area contributed by atoms with E-state index in [1.807, 2.05) is 0 Å². The van der Waals surface area contributed by atoms with Crippen LogP contribution in [0, 0.1) is 0 Å². The maximum Gasteiger partial charge on any atom is 0.349 e. The summed E-state index contributed by atoms with van der Waals surface area (Å²) in [6.07, 6.45) is 4.86. The number of carbonyl (C=O) groups excluding carboxylic acids is 3. The standard InChI is InChI=1S/C16H25ClO6/c1-3-4-5-6-10-21-14(18)8-7-9-15(19)22-11-12-23-16(20)13(2)17/h2-12H2,1H3. The molecule has 0 aliphatic heterocycles. The molecule has 132 valence electrons. The summed E-state index contributed by atoms with van der Waals surface area (Å²) in [6, 6.07) is 0. The van der Waals surface area contributed by atoms with Gasteiger partial charge in [-0.3, -0.25) is 9.59 Å². The van der Waals surface area contributed by atoms with Crippen LogP contribution in [-0.2, 0) is 28.6 Å². The molecule has 0 aromatic rings. The Kier molecular flexibility index (Phi) is 13.1. The van der Waals surface area contributed by atoms with Gasteiger partial charge in [-0.25, -0.2) is 4.79 Å². The molecule has 0 aliphatic carbocycles. The Bertz CT molecular complexity index is 394. The Labute approximate surface area is 142 Å². The van der Waals surface area contributed by atoms with Crippen LogP contribution in [0.3, 0.4) is 0 Å². The molecule has 0 saturated heterocycles. The largest absolute Gasteiger partial charge is 0.466 e. The second-order valence-electron chi connectivity index (χ2n) is 4.90. The summed E-state index contributed by atoms with van der Waals surface area (Å²) in [5, 5.41) is -0.232. The van der Waals surface area contributed by atoms with E-state index < -0.39 is 11.9 Å². The van der Waals surface area contributed by atoms with Gasteiger partial charge in [0.1, 0.15) is 18.2 Å². The number of esters is 3. The molecule has 0 aromatic heterocycles. The SMILES string of the molecule is C=C(Cl)C(=O)OCCOC(=O)CCCC(=O)OCCCCCC. The highest BCUT2D eigenvalue weighted by molar-refractivity contribution is 6.40. The Morgan fingerprint density at radius 2 is 1.39 bits per heavy atom. The maximum absolute atomic E-state index is 11.4. The van der Waals surface area contributed by atoms with Crippen LogP contribution in [0.25, 0.3) is 0 Å². The molecule has 0 fully saturated rings. The van der Waals surface area contributed by atoms with Crippen LogP contribution in [0.15, 0.2) is 11.6 Å². The summed E-state index contributed by atoms with van der Waals surface area (Å²) >= 11 is 5.31. The fraction of sp³-hybridized carbons (Fsp3) is 0.688. The molecule has 0 aromatic carbocycles. The number of hydrogen-bond acceptors (Lipinski definition) is 6. The first-order valence-corrected chi connectivity index (χ1v) is 8.18. The van der Waals surface area contributed by atoms with Gasteiger partial charge in [0, 0.05) is 12.8 Å². The van der Waals surface area contributed by atoms with Gasteiger partial charge in [0.2, 0.25) is 0 Å². The summed E-state index contributed by atoms with van der Waals surface area (Å²) in [6.45, 7) is 5.60. The Morgan fingerprint density at radius 1 is 0.826 bits per heavy atom. The quantitative estimate of drug-likeness (QED) is 0.220. The van der Waals surface area contributed by atoms with Gasteiger partial charge in [-0.1, -0.05) is 44.4 Å². The highest BCUT2D eigenvalue weighted by atomic mass is 35.5. The van der Waals surface area contributed by atoms with Gasteiger partial charge < -0.3 is 14.2 Å². The number of carbonyl (C=O) groups is 3. The highest BCUT2D eigenvalue weighted by Gasteiger charge is 2.08. The smallest absolute Gasteiger partial charge is 0.349 e. The molecule has 0 saturated carbocycles. The van der Waals surface area contributed by atoms with Crippen LogP contribution in [0.1, 0.15) is 51.9 Å². The first-order chi connectivity index (χ1) is 11.0. The van der Waals surface area contributed by atoms with Crippen LogP contribution < -0.4 is 0 Å². The third kappa shape index (κ3) is 13.8. The molecule has 0 spiro atoms. The van der Waals surface area contributed by atoms with Crippen molar-refractivity contribution in [3.8, 4) is 0 Å². The van der Waals surface area contributed by atoms with Crippen molar-refractivity contribution >= 4 is 29.5 Å². The molecule has 0 amide bonds. The number of halogens is 1. The van der Waals surface area contributed by atoms with Crippen molar-refractivity contribution in [2.75, 3.05) is 19.8 Å². The number of ether oxygens (including phenoxy) is 3. The predicted molar refractivity (Wildman–Crippen MR) is 85.9 cm³/mol. The lowest BCUT2D eigenvalue weighted by Crippen LogP contribution is -2.14. The first kappa shape index (κ1) is 21.4. The van der Waals surface area contributed by atoms with E-state index in [4.69, 9.17) is 21.1 Å². The molecule has 0 bridgehead atoms. The Balaban J connectivity index is 3.50. The fourth-order valence-corrected chi connectivity index (χ4v) is 1.66. The van der Waals surface area contributed by atoms with Crippen molar-refractivity contribution in [2.24, 2.45) is 0 Å². The van der Waals surface area contributed by atoms with E-state index in [1.54, 1.807) is 0 Å². The highest BCUT2D eigenvalue weighted by Crippen LogP contribution is 2.03. The molecule has 0 aliphatic rings. The topological polar surface area (TPSA) is 78.9 Å². The lowest BCUT2D eigenvalue weighted by Gasteiger charge is -2.06. The number of hydrogen-bond donors (Lipinski definition) is 0. The molecule has 0 heterocycles. The minimum Gasteiger partial charge on any atom is -0.466 e. The molecule has 6 nitrogen and oxygen atoms in total. The van der Waals surface area contributed by atoms with Crippen LogP contribution in [-0.4, -0.2) is 37.7 Å². The molecule has 0 N–H and O–H groups in total. The second-order valence-corrected chi connectivity index (χ2v) is 5.35. The van der Waals surface area contributed by atoms with Crippen molar-refractivity contribution in [3.63, 3.8) is 0 Å². The van der Waals surface area contributed by atoms with Gasteiger partial charge >= 0.3 is 17.9 Å². The normalized spacial score (nSPS) is 10.0. The molecule has 7 heteroatoms. The van der Waals surface area contributed by atoms with Gasteiger partial charge in [0.05, 0.1) is 6.61 Å². The minimum atomic E-state index is -0.746. The molecule has 23 heavy (non-hydrogen) atoms. The van der Waals surface area contributed by atoms with Gasteiger partial charge in [0.15, 0.2) is 0 Å². The summed E-state index contributed by atoms with van der Waals surface area (Å²) in [5.41, 5.74) is 0. The molecule has 0 unspecified atom stereocenters. The predicted octanol–water partition coefficient (Wildman–Crippen LogP) is 3.12. The Morgan fingerprint density at radius 3 is 1.96 bits per heavy atom. The van der Waals surface area contributed by atoms with Crippen LogP contribution in [0.5, 0.6) is 0 Å². The fourth-order valence-electron chi connectivity index (χ4n) is 1.60. The zero-order valence-corrected chi connectivity index (χ0v) is 14.4. The monoisotopic (exact) mass is 348 g/mol. The molecule has 0 radical (unpaired) electrons. The van der Waals surface area contributed by atoms with E-state index in [-0.39, 0.29) is 37.1 Å². The van der Waals surface area contributed by atoms with Crippen LogP contribution >= 0.6 is 11.6 Å². The summed E-state index contributed by atoms with van der Waals surface area (Å²) < 4.78 is 14.5. The first-order valence-electron chi connectivity index (χ1n) is 7.80. The number of unbranched alkanes of at least 4 members (excludes halogenated alkanes) is 3. The average Bonchev–Trinajstić information content (AvgIpc) is 2.51. The van der Waals surface area contributed by atoms with E-state index >= 15 is 0 Å². The third-order valence-electron chi connectivity index (χ3n) is 2.82. The summed E-state index contributed by atoms with van der Waals surface area (Å²) in [4.78, 5) is 33.7. The van der Waals surface area contributed by atoms with Gasteiger partial charge in [-0.15, -0.1) is 0 Å². The van der Waals surface area contributed by atoms with Crippen LogP contribution in [0.4, 0.5) is 0 Å². The van der Waals surface area contributed by atoms with Crippen molar-refractivity contribution < 1.29 is 28.6 Å². The van der Waals surface area contributed by atoms with Gasteiger partial charge in [-0.2, -0.15) is 0 Å². The molecule has 0 atom stereocenters. The van der Waals surface area contributed by atoms with Gasteiger partial charge in [0.25, 0.3) is 0 Å². The maximum atomic E-state index is 11.4. The van der Waals surface area contributed by atoms with Gasteiger partial charge in [-0.05, 0) is 12.8 Å². The van der Waals surface area contributed by atoms with Crippen molar-refractivity contribution in [2.45, 2.75) is 51.9 Å². The van der Waals surface area contributed by atoms with E-state index in [0.717, 1.165) is 25.7 Å². The van der Waals surface area contributed by atoms with E-state index in [9.17, 15) is 14.4 Å². The van der Waals surface area contributed by atoms with Crippen LogP contribution in [0.2, 0.25) is 0 Å².